The van der Waals surface area contributed by atoms with Gasteiger partial charge in [-0.2, -0.15) is 0 Å². The molecule has 0 aliphatic carbocycles. The van der Waals surface area contributed by atoms with E-state index in [1.165, 1.54) is 6.42 Å². The summed E-state index contributed by atoms with van der Waals surface area (Å²) in [5, 5.41) is 8.48. The summed E-state index contributed by atoms with van der Waals surface area (Å²) in [6, 6.07) is 0.157. The number of aliphatic hydroxyl groups is 1. The fourth-order valence-corrected chi connectivity index (χ4v) is 0.963. The van der Waals surface area contributed by atoms with Gasteiger partial charge in [-0.3, -0.25) is 0 Å². The first-order valence-electron chi connectivity index (χ1n) is 4.30. The molecule has 3 N–H and O–H groups in total. The van der Waals surface area contributed by atoms with E-state index in [1.54, 1.807) is 6.08 Å². The van der Waals surface area contributed by atoms with Gasteiger partial charge < -0.3 is 10.8 Å². The molecule has 0 aromatic heterocycles. The Bertz CT molecular complexity index is 93.6. The van der Waals surface area contributed by atoms with Gasteiger partial charge in [0.15, 0.2) is 0 Å². The molecule has 0 aliphatic heterocycles. The van der Waals surface area contributed by atoms with E-state index in [0.29, 0.717) is 6.61 Å². The predicted octanol–water partition coefficient (Wildman–Crippen LogP) is 1.44. The van der Waals surface area contributed by atoms with Crippen LogP contribution in [0.5, 0.6) is 0 Å². The van der Waals surface area contributed by atoms with Crippen molar-refractivity contribution in [3.05, 3.63) is 12.7 Å². The molecule has 1 atom stereocenters. The van der Waals surface area contributed by atoms with E-state index < -0.39 is 0 Å². The molecule has 11 heavy (non-hydrogen) atoms. The minimum Gasteiger partial charge on any atom is -0.396 e. The van der Waals surface area contributed by atoms with Gasteiger partial charge in [0.1, 0.15) is 0 Å². The van der Waals surface area contributed by atoms with Gasteiger partial charge in [0, 0.05) is 12.6 Å². The third-order valence-electron chi connectivity index (χ3n) is 1.75. The fraction of sp³-hybridized carbons (Fsp3) is 0.778. The Kier molecular flexibility index (Phi) is 7.52. The molecule has 0 aromatic rings. The highest BCUT2D eigenvalue weighted by atomic mass is 16.2. The van der Waals surface area contributed by atoms with Crippen molar-refractivity contribution in [1.82, 2.24) is 0 Å². The zero-order chi connectivity index (χ0) is 8.53. The quantitative estimate of drug-likeness (QED) is 0.434. The molecular weight excluding hydrogens is 138 g/mol. The molecule has 0 spiro atoms. The van der Waals surface area contributed by atoms with Crippen LogP contribution in [0.25, 0.3) is 0 Å². The minimum absolute atomic E-state index is 0.157. The normalized spacial score (nSPS) is 12.9. The van der Waals surface area contributed by atoms with E-state index in [0.717, 1.165) is 25.7 Å². The molecule has 0 radical (unpaired) electrons. The SMILES string of the molecule is C=C[C@H](N)CCCCCCO. The smallest absolute Gasteiger partial charge is 0.0431 e. The lowest BCUT2D eigenvalue weighted by atomic mass is 10.1. The molecular formula is C9H19NO. The van der Waals surface area contributed by atoms with Crippen LogP contribution in [-0.4, -0.2) is 17.8 Å². The van der Waals surface area contributed by atoms with Gasteiger partial charge in [0.05, 0.1) is 0 Å². The largest absolute Gasteiger partial charge is 0.396 e. The number of rotatable bonds is 7. The van der Waals surface area contributed by atoms with Crippen LogP contribution in [-0.2, 0) is 0 Å². The molecule has 0 amide bonds. The van der Waals surface area contributed by atoms with Crippen molar-refractivity contribution in [3.63, 3.8) is 0 Å². The van der Waals surface area contributed by atoms with E-state index >= 15 is 0 Å². The maximum absolute atomic E-state index is 8.48. The van der Waals surface area contributed by atoms with Gasteiger partial charge in [0.2, 0.25) is 0 Å². The van der Waals surface area contributed by atoms with Crippen LogP contribution in [0.3, 0.4) is 0 Å². The van der Waals surface area contributed by atoms with Crippen molar-refractivity contribution in [3.8, 4) is 0 Å². The Morgan fingerprint density at radius 1 is 1.27 bits per heavy atom. The van der Waals surface area contributed by atoms with E-state index in [2.05, 4.69) is 6.58 Å². The molecule has 0 saturated carbocycles. The first-order valence-corrected chi connectivity index (χ1v) is 4.30. The van der Waals surface area contributed by atoms with E-state index in [4.69, 9.17) is 10.8 Å². The second kappa shape index (κ2) is 7.76. The Morgan fingerprint density at radius 3 is 2.45 bits per heavy atom. The Labute approximate surface area is 69.1 Å². The highest BCUT2D eigenvalue weighted by Gasteiger charge is 1.95. The lowest BCUT2D eigenvalue weighted by Gasteiger charge is -2.04. The summed E-state index contributed by atoms with van der Waals surface area (Å²) in [5.74, 6) is 0. The Balaban J connectivity index is 2.95. The second-order valence-electron chi connectivity index (χ2n) is 2.83. The average Bonchev–Trinajstić information content (AvgIpc) is 2.04. The summed E-state index contributed by atoms with van der Waals surface area (Å²) >= 11 is 0. The second-order valence-corrected chi connectivity index (χ2v) is 2.83. The molecule has 0 rings (SSSR count). The van der Waals surface area contributed by atoms with Gasteiger partial charge in [0.25, 0.3) is 0 Å². The van der Waals surface area contributed by atoms with Crippen molar-refractivity contribution in [1.29, 1.82) is 0 Å². The van der Waals surface area contributed by atoms with Crippen molar-refractivity contribution in [2.24, 2.45) is 5.73 Å². The van der Waals surface area contributed by atoms with Crippen molar-refractivity contribution < 1.29 is 5.11 Å². The zero-order valence-electron chi connectivity index (χ0n) is 7.13. The van der Waals surface area contributed by atoms with Crippen molar-refractivity contribution in [2.75, 3.05) is 6.61 Å². The molecule has 0 heterocycles. The number of hydrogen-bond acceptors (Lipinski definition) is 2. The third-order valence-corrected chi connectivity index (χ3v) is 1.75. The summed E-state index contributed by atoms with van der Waals surface area (Å²) in [6.45, 7) is 3.92. The van der Waals surface area contributed by atoms with Gasteiger partial charge >= 0.3 is 0 Å². The van der Waals surface area contributed by atoms with Gasteiger partial charge in [-0.1, -0.05) is 25.3 Å². The molecule has 0 bridgehead atoms. The average molecular weight is 157 g/mol. The zero-order valence-corrected chi connectivity index (χ0v) is 7.13. The standard InChI is InChI=1S/C9H19NO/c1-2-9(10)7-5-3-4-6-8-11/h2,9,11H,1,3-8,10H2/t9-/m0/s1. The van der Waals surface area contributed by atoms with Crippen LogP contribution in [0.1, 0.15) is 32.1 Å². The Morgan fingerprint density at radius 2 is 1.91 bits per heavy atom. The van der Waals surface area contributed by atoms with E-state index in [1.807, 2.05) is 0 Å². The summed E-state index contributed by atoms with van der Waals surface area (Å²) < 4.78 is 0. The monoisotopic (exact) mass is 157 g/mol. The molecule has 66 valence electrons. The van der Waals surface area contributed by atoms with Gasteiger partial charge in [-0.25, -0.2) is 0 Å². The molecule has 0 fully saturated rings. The summed E-state index contributed by atoms with van der Waals surface area (Å²) in [5.41, 5.74) is 5.62. The van der Waals surface area contributed by atoms with Gasteiger partial charge in [-0.05, 0) is 12.8 Å². The van der Waals surface area contributed by atoms with E-state index in [-0.39, 0.29) is 6.04 Å². The molecule has 2 heteroatoms. The number of aliphatic hydroxyl groups excluding tert-OH is 1. The molecule has 2 nitrogen and oxygen atoms in total. The molecule has 0 saturated heterocycles. The fourth-order valence-electron chi connectivity index (χ4n) is 0.963. The maximum atomic E-state index is 8.48. The molecule has 0 aromatic carbocycles. The minimum atomic E-state index is 0.157. The highest BCUT2D eigenvalue weighted by Crippen LogP contribution is 2.04. The van der Waals surface area contributed by atoms with Gasteiger partial charge in [-0.15, -0.1) is 6.58 Å². The van der Waals surface area contributed by atoms with Crippen LogP contribution < -0.4 is 5.73 Å². The lowest BCUT2D eigenvalue weighted by molar-refractivity contribution is 0.282. The summed E-state index contributed by atoms with van der Waals surface area (Å²) in [4.78, 5) is 0. The molecule has 0 unspecified atom stereocenters. The number of nitrogens with two attached hydrogens (primary N) is 1. The lowest BCUT2D eigenvalue weighted by Crippen LogP contribution is -2.15. The molecule has 0 aliphatic rings. The van der Waals surface area contributed by atoms with Crippen molar-refractivity contribution >= 4 is 0 Å². The van der Waals surface area contributed by atoms with Crippen LogP contribution >= 0.6 is 0 Å². The summed E-state index contributed by atoms with van der Waals surface area (Å²) in [6.07, 6.45) is 7.15. The third kappa shape index (κ3) is 7.56. The van der Waals surface area contributed by atoms with Crippen LogP contribution in [0.2, 0.25) is 0 Å². The highest BCUT2D eigenvalue weighted by molar-refractivity contribution is 4.81. The summed E-state index contributed by atoms with van der Waals surface area (Å²) in [7, 11) is 0. The van der Waals surface area contributed by atoms with Crippen LogP contribution in [0.15, 0.2) is 12.7 Å². The first kappa shape index (κ1) is 10.7. The van der Waals surface area contributed by atoms with E-state index in [9.17, 15) is 0 Å². The topological polar surface area (TPSA) is 46.2 Å². The predicted molar refractivity (Wildman–Crippen MR) is 48.3 cm³/mol. The van der Waals surface area contributed by atoms with Crippen molar-refractivity contribution in [2.45, 2.75) is 38.1 Å². The van der Waals surface area contributed by atoms with Crippen LogP contribution in [0, 0.1) is 0 Å². The number of unbranched alkanes of at least 4 members (excludes halogenated alkanes) is 3. The van der Waals surface area contributed by atoms with Crippen LogP contribution in [0.4, 0.5) is 0 Å². The number of hydrogen-bond donors (Lipinski definition) is 2. The maximum Gasteiger partial charge on any atom is 0.0431 e. The Hall–Kier alpha value is -0.340. The first-order chi connectivity index (χ1) is 5.31.